The lowest BCUT2D eigenvalue weighted by molar-refractivity contribution is -0.136. The van der Waals surface area contributed by atoms with Crippen molar-refractivity contribution in [3.8, 4) is 0 Å². The molecule has 0 spiro atoms. The smallest absolute Gasteiger partial charge is 0.417 e. The second-order valence-corrected chi connectivity index (χ2v) is 5.59. The van der Waals surface area contributed by atoms with Crippen LogP contribution in [0.15, 0.2) is 33.5 Å². The van der Waals surface area contributed by atoms with Gasteiger partial charge in [-0.1, -0.05) is 12.2 Å². The fraction of sp³-hybridized carbons (Fsp3) is 0.267. The van der Waals surface area contributed by atoms with Crippen molar-refractivity contribution in [1.82, 2.24) is 0 Å². The molecular weight excluding hydrogens is 283 g/mol. The van der Waals surface area contributed by atoms with Gasteiger partial charge in [0.15, 0.2) is 0 Å². The molecule has 0 unspecified atom stereocenters. The summed E-state index contributed by atoms with van der Waals surface area (Å²) in [5, 5.41) is 3.06. The van der Waals surface area contributed by atoms with E-state index in [4.69, 9.17) is 4.42 Å². The molecule has 0 fully saturated rings. The Morgan fingerprint density at radius 2 is 1.90 bits per heavy atom. The Morgan fingerprint density at radius 1 is 1.19 bits per heavy atom. The van der Waals surface area contributed by atoms with Gasteiger partial charge in [-0.05, 0) is 25.5 Å². The number of nitrogens with one attached hydrogen (secondary N) is 1. The van der Waals surface area contributed by atoms with Gasteiger partial charge in [0.1, 0.15) is 5.58 Å². The summed E-state index contributed by atoms with van der Waals surface area (Å²) in [6.45, 7) is 3.86. The number of rotatable bonds is 0. The van der Waals surface area contributed by atoms with Crippen molar-refractivity contribution >= 4 is 22.7 Å². The molecule has 2 heterocycles. The van der Waals surface area contributed by atoms with Crippen LogP contribution in [0, 0.1) is 0 Å². The van der Waals surface area contributed by atoms with Gasteiger partial charge in [0.05, 0.1) is 11.1 Å². The van der Waals surface area contributed by atoms with Crippen molar-refractivity contribution < 1.29 is 17.6 Å². The predicted octanol–water partition coefficient (Wildman–Crippen LogP) is 4.03. The minimum atomic E-state index is -4.60. The molecule has 0 saturated carbocycles. The number of hydrogen-bond acceptors (Lipinski definition) is 3. The summed E-state index contributed by atoms with van der Waals surface area (Å²) >= 11 is 0. The van der Waals surface area contributed by atoms with E-state index in [9.17, 15) is 18.0 Å². The maximum atomic E-state index is 13.0. The van der Waals surface area contributed by atoms with Gasteiger partial charge in [0.2, 0.25) is 0 Å². The van der Waals surface area contributed by atoms with Crippen LogP contribution in [-0.4, -0.2) is 5.54 Å². The number of alkyl halides is 3. The van der Waals surface area contributed by atoms with Gasteiger partial charge in [-0.15, -0.1) is 0 Å². The van der Waals surface area contributed by atoms with E-state index in [0.29, 0.717) is 17.3 Å². The molecule has 21 heavy (non-hydrogen) atoms. The molecule has 3 rings (SSSR count). The first-order valence-electron chi connectivity index (χ1n) is 6.32. The summed E-state index contributed by atoms with van der Waals surface area (Å²) in [5.41, 5.74) is -1.12. The van der Waals surface area contributed by atoms with Gasteiger partial charge in [-0.3, -0.25) is 0 Å². The first-order chi connectivity index (χ1) is 9.66. The van der Waals surface area contributed by atoms with Crippen LogP contribution in [0.5, 0.6) is 0 Å². The normalized spacial score (nSPS) is 16.6. The second kappa shape index (κ2) is 4.13. The molecule has 6 heteroatoms. The summed E-state index contributed by atoms with van der Waals surface area (Å²) in [7, 11) is 0. The van der Waals surface area contributed by atoms with E-state index in [2.05, 4.69) is 5.32 Å². The van der Waals surface area contributed by atoms with Crippen LogP contribution in [0.2, 0.25) is 0 Å². The van der Waals surface area contributed by atoms with Crippen molar-refractivity contribution in [3.63, 3.8) is 0 Å². The van der Waals surface area contributed by atoms with E-state index in [1.807, 2.05) is 19.9 Å². The zero-order valence-electron chi connectivity index (χ0n) is 11.3. The molecule has 0 aliphatic carbocycles. The summed E-state index contributed by atoms with van der Waals surface area (Å²) in [5.74, 6) is 0. The molecule has 1 aromatic heterocycles. The Morgan fingerprint density at radius 3 is 2.57 bits per heavy atom. The minimum Gasteiger partial charge on any atom is -0.423 e. The number of hydrogen-bond donors (Lipinski definition) is 1. The summed E-state index contributed by atoms with van der Waals surface area (Å²) in [4.78, 5) is 11.3. The third-order valence-corrected chi connectivity index (χ3v) is 3.36. The Balaban J connectivity index is 2.33. The van der Waals surface area contributed by atoms with Crippen molar-refractivity contribution in [2.75, 3.05) is 5.32 Å². The van der Waals surface area contributed by atoms with E-state index in [1.165, 1.54) is 12.1 Å². The van der Waals surface area contributed by atoms with Crippen LogP contribution in [0.4, 0.5) is 18.9 Å². The molecule has 110 valence electrons. The van der Waals surface area contributed by atoms with Crippen molar-refractivity contribution in [2.45, 2.75) is 25.6 Å². The molecule has 2 aromatic rings. The average Bonchev–Trinajstić information content (AvgIpc) is 2.33. The standard InChI is InChI=1S/C15H12F3NO2/c1-14(2)4-3-8-5-9-10(15(16,17)18)6-13(20)21-12(9)7-11(8)19-14/h3-7,19H,1-2H3. The lowest BCUT2D eigenvalue weighted by Gasteiger charge is -2.29. The molecule has 0 radical (unpaired) electrons. The topological polar surface area (TPSA) is 42.2 Å². The van der Waals surface area contributed by atoms with E-state index in [1.54, 1.807) is 6.08 Å². The first kappa shape index (κ1) is 13.7. The zero-order valence-corrected chi connectivity index (χ0v) is 11.3. The lowest BCUT2D eigenvalue weighted by Crippen LogP contribution is -2.30. The van der Waals surface area contributed by atoms with Gasteiger partial charge in [0, 0.05) is 23.2 Å². The van der Waals surface area contributed by atoms with E-state index in [-0.39, 0.29) is 16.5 Å². The largest absolute Gasteiger partial charge is 0.423 e. The molecule has 0 bridgehead atoms. The maximum absolute atomic E-state index is 13.0. The van der Waals surface area contributed by atoms with E-state index < -0.39 is 17.4 Å². The van der Waals surface area contributed by atoms with Crippen LogP contribution in [0.3, 0.4) is 0 Å². The average molecular weight is 295 g/mol. The number of halogens is 3. The Labute approximate surface area is 118 Å². The fourth-order valence-corrected chi connectivity index (χ4v) is 2.39. The molecule has 1 aromatic carbocycles. The van der Waals surface area contributed by atoms with E-state index in [0.717, 1.165) is 0 Å². The summed E-state index contributed by atoms with van der Waals surface area (Å²) in [6.07, 6.45) is -0.975. The second-order valence-electron chi connectivity index (χ2n) is 5.59. The SMILES string of the molecule is CC1(C)C=Cc2cc3c(C(F)(F)F)cc(=O)oc3cc2N1. The monoisotopic (exact) mass is 295 g/mol. The molecule has 1 aliphatic rings. The molecule has 0 amide bonds. The summed E-state index contributed by atoms with van der Waals surface area (Å²) < 4.78 is 44.0. The fourth-order valence-electron chi connectivity index (χ4n) is 2.39. The Kier molecular flexibility index (Phi) is 2.70. The highest BCUT2D eigenvalue weighted by Gasteiger charge is 2.34. The van der Waals surface area contributed by atoms with Crippen molar-refractivity contribution in [2.24, 2.45) is 0 Å². The highest BCUT2D eigenvalue weighted by atomic mass is 19.4. The van der Waals surface area contributed by atoms with Crippen LogP contribution >= 0.6 is 0 Å². The van der Waals surface area contributed by atoms with Gasteiger partial charge in [-0.2, -0.15) is 13.2 Å². The number of benzene rings is 1. The highest BCUT2D eigenvalue weighted by Crippen LogP contribution is 2.37. The lowest BCUT2D eigenvalue weighted by atomic mass is 9.95. The maximum Gasteiger partial charge on any atom is 0.417 e. The van der Waals surface area contributed by atoms with Gasteiger partial charge >= 0.3 is 11.8 Å². The Bertz CT molecular complexity index is 816. The highest BCUT2D eigenvalue weighted by molar-refractivity contribution is 5.90. The molecule has 3 nitrogen and oxygen atoms in total. The number of fused-ring (bicyclic) bond motifs is 2. The van der Waals surface area contributed by atoms with Gasteiger partial charge < -0.3 is 9.73 Å². The van der Waals surface area contributed by atoms with Crippen LogP contribution in [-0.2, 0) is 6.18 Å². The van der Waals surface area contributed by atoms with Crippen LogP contribution < -0.4 is 10.9 Å². The molecular formula is C15H12F3NO2. The Hall–Kier alpha value is -2.24. The van der Waals surface area contributed by atoms with Crippen LogP contribution in [0.1, 0.15) is 25.0 Å². The van der Waals surface area contributed by atoms with Crippen LogP contribution in [0.25, 0.3) is 17.0 Å². The third-order valence-electron chi connectivity index (χ3n) is 3.36. The van der Waals surface area contributed by atoms with Gasteiger partial charge in [0.25, 0.3) is 0 Å². The first-order valence-corrected chi connectivity index (χ1v) is 6.32. The molecule has 0 atom stereocenters. The minimum absolute atomic E-state index is 0.0767. The summed E-state index contributed by atoms with van der Waals surface area (Å²) in [6, 6.07) is 3.31. The van der Waals surface area contributed by atoms with Crippen molar-refractivity contribution in [3.05, 3.63) is 45.8 Å². The number of anilines is 1. The quantitative estimate of drug-likeness (QED) is 0.746. The molecule has 1 aliphatic heterocycles. The zero-order chi connectivity index (χ0) is 15.4. The van der Waals surface area contributed by atoms with Gasteiger partial charge in [-0.25, -0.2) is 4.79 Å². The predicted molar refractivity (Wildman–Crippen MR) is 74.2 cm³/mol. The van der Waals surface area contributed by atoms with E-state index >= 15 is 0 Å². The molecule has 0 saturated heterocycles. The van der Waals surface area contributed by atoms with Crippen molar-refractivity contribution in [1.29, 1.82) is 0 Å². The molecule has 1 N–H and O–H groups in total. The third kappa shape index (κ3) is 2.41.